The van der Waals surface area contributed by atoms with Crippen LogP contribution in [0.5, 0.6) is 0 Å². The zero-order chi connectivity index (χ0) is 12.2. The second kappa shape index (κ2) is 6.22. The first kappa shape index (κ1) is 14.3. The first-order chi connectivity index (χ1) is 7.43. The van der Waals surface area contributed by atoms with Gasteiger partial charge in [-0.1, -0.05) is 26.7 Å². The van der Waals surface area contributed by atoms with Crippen molar-refractivity contribution in [3.8, 4) is 0 Å². The van der Waals surface area contributed by atoms with E-state index in [9.17, 15) is 8.42 Å². The van der Waals surface area contributed by atoms with Crippen molar-refractivity contribution in [1.29, 1.82) is 0 Å². The van der Waals surface area contributed by atoms with E-state index in [1.165, 1.54) is 6.42 Å². The second-order valence-electron chi connectivity index (χ2n) is 5.13. The Labute approximate surface area is 104 Å². The smallest absolute Gasteiger partial charge is 0.212 e. The predicted molar refractivity (Wildman–Crippen MR) is 68.2 cm³/mol. The highest BCUT2D eigenvalue weighted by Gasteiger charge is 2.24. The summed E-state index contributed by atoms with van der Waals surface area (Å²) in [4.78, 5) is 0. The minimum Gasteiger partial charge on any atom is -0.212 e. The summed E-state index contributed by atoms with van der Waals surface area (Å²) in [5, 5.41) is 0. The topological polar surface area (TPSA) is 46.2 Å². The molecule has 16 heavy (non-hydrogen) atoms. The maximum atomic E-state index is 11.8. The third kappa shape index (κ3) is 5.02. The van der Waals surface area contributed by atoms with Crippen molar-refractivity contribution >= 4 is 21.6 Å². The van der Waals surface area contributed by atoms with Crippen LogP contribution in [0.1, 0.15) is 39.5 Å². The number of alkyl halides is 1. The van der Waals surface area contributed by atoms with Crippen LogP contribution in [0.3, 0.4) is 0 Å². The van der Waals surface area contributed by atoms with Gasteiger partial charge in [0.1, 0.15) is 0 Å². The molecule has 3 atom stereocenters. The van der Waals surface area contributed by atoms with Crippen molar-refractivity contribution in [3.63, 3.8) is 0 Å². The van der Waals surface area contributed by atoms with Gasteiger partial charge in [-0.2, -0.15) is 0 Å². The van der Waals surface area contributed by atoms with Crippen LogP contribution in [-0.2, 0) is 10.0 Å². The quantitative estimate of drug-likeness (QED) is 0.778. The van der Waals surface area contributed by atoms with Crippen molar-refractivity contribution in [1.82, 2.24) is 4.72 Å². The lowest BCUT2D eigenvalue weighted by Crippen LogP contribution is -2.40. The Bertz CT molecular complexity index is 305. The molecule has 0 heterocycles. The SMILES string of the molecule is CC1CCCC(NS(=O)(=O)CC(C)CCl)C1. The van der Waals surface area contributed by atoms with Gasteiger partial charge in [-0.25, -0.2) is 13.1 Å². The van der Waals surface area contributed by atoms with E-state index in [-0.39, 0.29) is 17.7 Å². The molecule has 1 aliphatic carbocycles. The molecule has 1 rings (SSSR count). The zero-order valence-electron chi connectivity index (χ0n) is 10.1. The number of halogens is 1. The fraction of sp³-hybridized carbons (Fsp3) is 1.00. The lowest BCUT2D eigenvalue weighted by Gasteiger charge is -2.27. The van der Waals surface area contributed by atoms with Gasteiger partial charge in [-0.15, -0.1) is 11.6 Å². The fourth-order valence-corrected chi connectivity index (χ4v) is 4.19. The molecule has 0 radical (unpaired) electrons. The summed E-state index contributed by atoms with van der Waals surface area (Å²) in [5.41, 5.74) is 0. The Hall–Kier alpha value is 0.200. The summed E-state index contributed by atoms with van der Waals surface area (Å²) >= 11 is 5.63. The van der Waals surface area contributed by atoms with Crippen molar-refractivity contribution in [2.75, 3.05) is 11.6 Å². The van der Waals surface area contributed by atoms with Gasteiger partial charge >= 0.3 is 0 Å². The van der Waals surface area contributed by atoms with E-state index < -0.39 is 10.0 Å². The molecule has 0 aromatic carbocycles. The molecular weight excluding hydrogens is 246 g/mol. The van der Waals surface area contributed by atoms with E-state index in [2.05, 4.69) is 11.6 Å². The maximum absolute atomic E-state index is 11.8. The van der Waals surface area contributed by atoms with E-state index in [0.29, 0.717) is 11.8 Å². The maximum Gasteiger partial charge on any atom is 0.212 e. The molecule has 0 amide bonds. The van der Waals surface area contributed by atoms with E-state index in [1.54, 1.807) is 0 Å². The van der Waals surface area contributed by atoms with Gasteiger partial charge in [0, 0.05) is 11.9 Å². The molecule has 0 saturated heterocycles. The molecule has 5 heteroatoms. The molecule has 0 aromatic rings. The van der Waals surface area contributed by atoms with Crippen molar-refractivity contribution in [3.05, 3.63) is 0 Å². The Morgan fingerprint density at radius 1 is 1.44 bits per heavy atom. The highest BCUT2D eigenvalue weighted by Crippen LogP contribution is 2.24. The first-order valence-corrected chi connectivity index (χ1v) is 8.17. The van der Waals surface area contributed by atoms with Crippen LogP contribution in [-0.4, -0.2) is 26.1 Å². The number of rotatable bonds is 5. The summed E-state index contributed by atoms with van der Waals surface area (Å²) in [6.07, 6.45) is 4.28. The lowest BCUT2D eigenvalue weighted by molar-refractivity contribution is 0.327. The fourth-order valence-electron chi connectivity index (χ4n) is 2.26. The van der Waals surface area contributed by atoms with Crippen molar-refractivity contribution in [2.24, 2.45) is 11.8 Å². The van der Waals surface area contributed by atoms with Crippen LogP contribution in [0.4, 0.5) is 0 Å². The number of hydrogen-bond acceptors (Lipinski definition) is 2. The highest BCUT2D eigenvalue weighted by molar-refractivity contribution is 7.89. The molecule has 1 saturated carbocycles. The average Bonchev–Trinajstić information content (AvgIpc) is 2.15. The standard InChI is InChI=1S/C11H22ClNO2S/c1-9-4-3-5-11(6-9)13-16(14,15)8-10(2)7-12/h9-11,13H,3-8H2,1-2H3. The van der Waals surface area contributed by atoms with Crippen molar-refractivity contribution in [2.45, 2.75) is 45.6 Å². The Kier molecular flexibility index (Phi) is 5.54. The number of nitrogens with one attached hydrogen (secondary N) is 1. The molecule has 3 nitrogen and oxygen atoms in total. The Balaban J connectivity index is 2.45. The van der Waals surface area contributed by atoms with Crippen LogP contribution in [0, 0.1) is 11.8 Å². The summed E-state index contributed by atoms with van der Waals surface area (Å²) in [6, 6.07) is 0.135. The van der Waals surface area contributed by atoms with Gasteiger partial charge in [0.05, 0.1) is 5.75 Å². The number of hydrogen-bond donors (Lipinski definition) is 1. The molecule has 3 unspecified atom stereocenters. The molecule has 1 N–H and O–H groups in total. The molecule has 0 aromatic heterocycles. The summed E-state index contributed by atoms with van der Waals surface area (Å²) in [7, 11) is -3.15. The van der Waals surface area contributed by atoms with Crippen LogP contribution < -0.4 is 4.72 Å². The average molecular weight is 268 g/mol. The first-order valence-electron chi connectivity index (χ1n) is 5.99. The lowest BCUT2D eigenvalue weighted by atomic mass is 9.88. The third-order valence-corrected chi connectivity index (χ3v) is 5.28. The third-order valence-electron chi connectivity index (χ3n) is 3.05. The molecule has 1 fully saturated rings. The normalized spacial score (nSPS) is 28.9. The minimum atomic E-state index is -3.15. The van der Waals surface area contributed by atoms with E-state index in [1.807, 2.05) is 6.92 Å². The zero-order valence-corrected chi connectivity index (χ0v) is 11.6. The summed E-state index contributed by atoms with van der Waals surface area (Å²) < 4.78 is 26.4. The largest absolute Gasteiger partial charge is 0.212 e. The van der Waals surface area contributed by atoms with Crippen LogP contribution in [0.15, 0.2) is 0 Å². The Morgan fingerprint density at radius 2 is 2.12 bits per heavy atom. The highest BCUT2D eigenvalue weighted by atomic mass is 35.5. The van der Waals surface area contributed by atoms with Gasteiger partial charge < -0.3 is 0 Å². The van der Waals surface area contributed by atoms with E-state index in [4.69, 9.17) is 11.6 Å². The summed E-state index contributed by atoms with van der Waals surface area (Å²) in [5.74, 6) is 1.18. The van der Waals surface area contributed by atoms with Crippen LogP contribution in [0.2, 0.25) is 0 Å². The monoisotopic (exact) mass is 267 g/mol. The van der Waals surface area contributed by atoms with Crippen LogP contribution >= 0.6 is 11.6 Å². The molecular formula is C11H22ClNO2S. The van der Waals surface area contributed by atoms with E-state index in [0.717, 1.165) is 19.3 Å². The van der Waals surface area contributed by atoms with Gasteiger partial charge in [0.15, 0.2) is 0 Å². The molecule has 0 spiro atoms. The Morgan fingerprint density at radius 3 is 2.69 bits per heavy atom. The molecule has 96 valence electrons. The molecule has 0 bridgehead atoms. The van der Waals surface area contributed by atoms with Gasteiger partial charge in [-0.05, 0) is 24.7 Å². The summed E-state index contributed by atoms with van der Waals surface area (Å²) in [6.45, 7) is 4.04. The van der Waals surface area contributed by atoms with Gasteiger partial charge in [-0.3, -0.25) is 0 Å². The molecule has 0 aliphatic heterocycles. The van der Waals surface area contributed by atoms with E-state index >= 15 is 0 Å². The minimum absolute atomic E-state index is 0.0141. The van der Waals surface area contributed by atoms with Crippen molar-refractivity contribution < 1.29 is 8.42 Å². The van der Waals surface area contributed by atoms with Crippen LogP contribution in [0.25, 0.3) is 0 Å². The number of sulfonamides is 1. The predicted octanol–water partition coefficient (Wildman–Crippen LogP) is 2.36. The second-order valence-corrected chi connectivity index (χ2v) is 7.23. The molecule has 1 aliphatic rings. The van der Waals surface area contributed by atoms with Gasteiger partial charge in [0.25, 0.3) is 0 Å². The van der Waals surface area contributed by atoms with Gasteiger partial charge in [0.2, 0.25) is 10.0 Å².